The van der Waals surface area contributed by atoms with Gasteiger partial charge in [0.25, 0.3) is 0 Å². The quantitative estimate of drug-likeness (QED) is 0.463. The van der Waals surface area contributed by atoms with Crippen LogP contribution >= 0.6 is 0 Å². The van der Waals surface area contributed by atoms with Gasteiger partial charge in [0.2, 0.25) is 5.91 Å². The van der Waals surface area contributed by atoms with Crippen LogP contribution in [0.15, 0.2) is 43.0 Å². The Labute approximate surface area is 114 Å². The molecule has 4 nitrogen and oxygen atoms in total. The molecule has 0 fully saturated rings. The van der Waals surface area contributed by atoms with Crippen LogP contribution in [0.1, 0.15) is 5.56 Å². The lowest BCUT2D eigenvalue weighted by molar-refractivity contribution is -0.126. The van der Waals surface area contributed by atoms with Crippen LogP contribution in [-0.2, 0) is 9.53 Å². The zero-order valence-corrected chi connectivity index (χ0v) is 11.2. The molecule has 0 atom stereocenters. The molecule has 0 spiro atoms. The molecule has 1 rings (SSSR count). The van der Waals surface area contributed by atoms with Crippen molar-refractivity contribution in [2.75, 3.05) is 32.5 Å². The number of nitrogen functional groups attached to an aromatic ring is 1. The van der Waals surface area contributed by atoms with E-state index in [4.69, 9.17) is 10.5 Å². The summed E-state index contributed by atoms with van der Waals surface area (Å²) in [5.41, 5.74) is 7.24. The minimum atomic E-state index is -0.0613. The maximum Gasteiger partial charge on any atom is 0.246 e. The Morgan fingerprint density at radius 1 is 1.42 bits per heavy atom. The molecular formula is C15H20N2O2. The number of carbonyl (C=O) groups excluding carboxylic acids is 1. The van der Waals surface area contributed by atoms with Crippen molar-refractivity contribution in [1.29, 1.82) is 0 Å². The number of benzene rings is 1. The number of hydrogen-bond acceptors (Lipinski definition) is 3. The van der Waals surface area contributed by atoms with Crippen molar-refractivity contribution in [1.82, 2.24) is 4.90 Å². The fraction of sp³-hybridized carbons (Fsp3) is 0.267. The fourth-order valence-corrected chi connectivity index (χ4v) is 1.53. The van der Waals surface area contributed by atoms with Gasteiger partial charge in [-0.05, 0) is 23.8 Å². The van der Waals surface area contributed by atoms with E-state index >= 15 is 0 Å². The van der Waals surface area contributed by atoms with Crippen LogP contribution in [0.3, 0.4) is 0 Å². The van der Waals surface area contributed by atoms with Gasteiger partial charge in [0.15, 0.2) is 0 Å². The van der Waals surface area contributed by atoms with Gasteiger partial charge in [0, 0.05) is 32.0 Å². The summed E-state index contributed by atoms with van der Waals surface area (Å²) in [7, 11) is 1.61. The normalized spacial score (nSPS) is 10.6. The van der Waals surface area contributed by atoms with Crippen LogP contribution in [0.5, 0.6) is 0 Å². The van der Waals surface area contributed by atoms with Crippen molar-refractivity contribution < 1.29 is 9.53 Å². The monoisotopic (exact) mass is 260 g/mol. The van der Waals surface area contributed by atoms with Crippen LogP contribution < -0.4 is 5.73 Å². The lowest BCUT2D eigenvalue weighted by atomic mass is 10.2. The lowest BCUT2D eigenvalue weighted by Crippen LogP contribution is -2.32. The molecule has 0 saturated carbocycles. The van der Waals surface area contributed by atoms with E-state index in [1.54, 1.807) is 42.4 Å². The number of anilines is 1. The number of carbonyl (C=O) groups is 1. The van der Waals surface area contributed by atoms with Crippen LogP contribution in [-0.4, -0.2) is 37.6 Å². The first-order valence-corrected chi connectivity index (χ1v) is 6.09. The van der Waals surface area contributed by atoms with Gasteiger partial charge in [-0.3, -0.25) is 4.79 Å². The van der Waals surface area contributed by atoms with Gasteiger partial charge in [-0.1, -0.05) is 18.2 Å². The maximum atomic E-state index is 12.0. The Morgan fingerprint density at radius 3 is 2.68 bits per heavy atom. The van der Waals surface area contributed by atoms with E-state index in [2.05, 4.69) is 6.58 Å². The SMILES string of the molecule is C=CCN(CCOC)C(=O)/C=C/c1ccc(N)cc1. The molecule has 0 aliphatic heterocycles. The van der Waals surface area contributed by atoms with Gasteiger partial charge < -0.3 is 15.4 Å². The van der Waals surface area contributed by atoms with Gasteiger partial charge in [0.1, 0.15) is 0 Å². The number of methoxy groups -OCH3 is 1. The zero-order chi connectivity index (χ0) is 14.1. The second kappa shape index (κ2) is 8.11. The molecule has 2 N–H and O–H groups in total. The molecule has 1 aromatic carbocycles. The average Bonchev–Trinajstić information content (AvgIpc) is 2.42. The summed E-state index contributed by atoms with van der Waals surface area (Å²) in [6.07, 6.45) is 5.01. The molecule has 0 radical (unpaired) electrons. The van der Waals surface area contributed by atoms with Crippen molar-refractivity contribution >= 4 is 17.7 Å². The van der Waals surface area contributed by atoms with E-state index < -0.39 is 0 Å². The minimum absolute atomic E-state index is 0.0613. The second-order valence-corrected chi connectivity index (χ2v) is 4.07. The Bertz CT molecular complexity index is 438. The van der Waals surface area contributed by atoms with E-state index in [1.165, 1.54) is 0 Å². The topological polar surface area (TPSA) is 55.6 Å². The highest BCUT2D eigenvalue weighted by Crippen LogP contribution is 2.07. The summed E-state index contributed by atoms with van der Waals surface area (Å²) in [6, 6.07) is 7.34. The number of ether oxygens (including phenoxy) is 1. The van der Waals surface area contributed by atoms with Crippen molar-refractivity contribution in [3.8, 4) is 0 Å². The summed E-state index contributed by atoms with van der Waals surface area (Å²) in [5, 5.41) is 0. The van der Waals surface area contributed by atoms with Gasteiger partial charge in [-0.2, -0.15) is 0 Å². The molecule has 0 aromatic heterocycles. The first-order valence-electron chi connectivity index (χ1n) is 6.09. The second-order valence-electron chi connectivity index (χ2n) is 4.07. The molecule has 19 heavy (non-hydrogen) atoms. The first kappa shape index (κ1) is 15.0. The van der Waals surface area contributed by atoms with Crippen LogP contribution in [0, 0.1) is 0 Å². The van der Waals surface area contributed by atoms with E-state index in [9.17, 15) is 4.79 Å². The fourth-order valence-electron chi connectivity index (χ4n) is 1.53. The molecule has 102 valence electrons. The third kappa shape index (κ3) is 5.40. The van der Waals surface area contributed by atoms with E-state index in [-0.39, 0.29) is 5.91 Å². The van der Waals surface area contributed by atoms with Crippen LogP contribution in [0.4, 0.5) is 5.69 Å². The molecule has 0 unspecified atom stereocenters. The van der Waals surface area contributed by atoms with Gasteiger partial charge in [-0.15, -0.1) is 6.58 Å². The summed E-state index contributed by atoms with van der Waals surface area (Å²) >= 11 is 0. The molecule has 1 aromatic rings. The van der Waals surface area contributed by atoms with Crippen molar-refractivity contribution in [3.05, 3.63) is 48.6 Å². The maximum absolute atomic E-state index is 12.0. The lowest BCUT2D eigenvalue weighted by Gasteiger charge is -2.18. The number of amides is 1. The average molecular weight is 260 g/mol. The molecule has 0 saturated heterocycles. The van der Waals surface area contributed by atoms with Crippen LogP contribution in [0.2, 0.25) is 0 Å². The molecule has 0 aliphatic carbocycles. The Balaban J connectivity index is 2.64. The Morgan fingerprint density at radius 2 is 2.11 bits per heavy atom. The van der Waals surface area contributed by atoms with Gasteiger partial charge >= 0.3 is 0 Å². The number of rotatable bonds is 7. The van der Waals surface area contributed by atoms with E-state index in [0.29, 0.717) is 25.4 Å². The standard InChI is InChI=1S/C15H20N2O2/c1-3-10-17(11-12-19-2)15(18)9-6-13-4-7-14(16)8-5-13/h3-9H,1,10-12,16H2,2H3/b9-6+. The third-order valence-electron chi connectivity index (χ3n) is 2.58. The third-order valence-corrected chi connectivity index (χ3v) is 2.58. The molecule has 0 aliphatic rings. The van der Waals surface area contributed by atoms with E-state index in [1.807, 2.05) is 12.1 Å². The summed E-state index contributed by atoms with van der Waals surface area (Å²) in [5.74, 6) is -0.0613. The Kier molecular flexibility index (Phi) is 6.39. The predicted molar refractivity (Wildman–Crippen MR) is 78.5 cm³/mol. The summed E-state index contributed by atoms with van der Waals surface area (Å²) in [6.45, 7) is 5.21. The smallest absolute Gasteiger partial charge is 0.246 e. The Hall–Kier alpha value is -2.07. The van der Waals surface area contributed by atoms with Crippen LogP contribution in [0.25, 0.3) is 6.08 Å². The van der Waals surface area contributed by atoms with Crippen molar-refractivity contribution in [2.24, 2.45) is 0 Å². The number of nitrogens with zero attached hydrogens (tertiary/aromatic N) is 1. The first-order chi connectivity index (χ1) is 9.17. The van der Waals surface area contributed by atoms with Gasteiger partial charge in [-0.25, -0.2) is 0 Å². The zero-order valence-electron chi connectivity index (χ0n) is 11.2. The van der Waals surface area contributed by atoms with Crippen molar-refractivity contribution in [2.45, 2.75) is 0 Å². The molecule has 1 amide bonds. The molecular weight excluding hydrogens is 240 g/mol. The highest BCUT2D eigenvalue weighted by atomic mass is 16.5. The summed E-state index contributed by atoms with van der Waals surface area (Å²) < 4.78 is 4.98. The van der Waals surface area contributed by atoms with Crippen molar-refractivity contribution in [3.63, 3.8) is 0 Å². The molecule has 4 heteroatoms. The largest absolute Gasteiger partial charge is 0.399 e. The molecule has 0 bridgehead atoms. The van der Waals surface area contributed by atoms with E-state index in [0.717, 1.165) is 5.56 Å². The number of hydrogen-bond donors (Lipinski definition) is 1. The predicted octanol–water partition coefficient (Wildman–Crippen LogP) is 1.94. The molecule has 0 heterocycles. The minimum Gasteiger partial charge on any atom is -0.399 e. The van der Waals surface area contributed by atoms with Gasteiger partial charge in [0.05, 0.1) is 6.61 Å². The highest BCUT2D eigenvalue weighted by molar-refractivity contribution is 5.91. The number of nitrogens with two attached hydrogens (primary N) is 1. The summed E-state index contributed by atoms with van der Waals surface area (Å²) in [4.78, 5) is 13.7. The highest BCUT2D eigenvalue weighted by Gasteiger charge is 2.07.